The summed E-state index contributed by atoms with van der Waals surface area (Å²) >= 11 is 5.82. The van der Waals surface area contributed by atoms with Gasteiger partial charge in [-0.25, -0.2) is 0 Å². The zero-order chi connectivity index (χ0) is 14.5. The fourth-order valence-corrected chi connectivity index (χ4v) is 1.90. The lowest BCUT2D eigenvalue weighted by Gasteiger charge is -2.09. The number of hydrogen-bond acceptors (Lipinski definition) is 4. The third-order valence-corrected chi connectivity index (χ3v) is 3.08. The number of rotatable bonds is 5. The molecule has 20 heavy (non-hydrogen) atoms. The average molecular weight is 292 g/mol. The van der Waals surface area contributed by atoms with Crippen molar-refractivity contribution in [2.45, 2.75) is 6.54 Å². The van der Waals surface area contributed by atoms with Crippen LogP contribution in [0.4, 0.5) is 17.1 Å². The Balaban J connectivity index is 2.14. The summed E-state index contributed by atoms with van der Waals surface area (Å²) in [6.45, 7) is 0.571. The number of nitrogens with one attached hydrogen (secondary N) is 2. The maximum absolute atomic E-state index is 10.9. The Morgan fingerprint density at radius 2 is 1.80 bits per heavy atom. The van der Waals surface area contributed by atoms with E-state index in [0.29, 0.717) is 22.9 Å². The zero-order valence-electron chi connectivity index (χ0n) is 10.9. The molecule has 2 N–H and O–H groups in total. The first-order chi connectivity index (χ1) is 9.58. The van der Waals surface area contributed by atoms with Gasteiger partial charge >= 0.3 is 0 Å². The summed E-state index contributed by atoms with van der Waals surface area (Å²) in [5.41, 5.74) is 2.48. The van der Waals surface area contributed by atoms with Crippen LogP contribution in [0.25, 0.3) is 0 Å². The first-order valence-electron chi connectivity index (χ1n) is 6.04. The number of benzene rings is 2. The minimum atomic E-state index is -0.408. The quantitative estimate of drug-likeness (QED) is 0.647. The van der Waals surface area contributed by atoms with E-state index in [1.165, 1.54) is 12.1 Å². The van der Waals surface area contributed by atoms with Gasteiger partial charge in [0.1, 0.15) is 0 Å². The van der Waals surface area contributed by atoms with E-state index in [1.54, 1.807) is 7.05 Å². The van der Waals surface area contributed by atoms with Crippen molar-refractivity contribution in [3.8, 4) is 0 Å². The third kappa shape index (κ3) is 3.61. The van der Waals surface area contributed by atoms with Crippen LogP contribution in [0.5, 0.6) is 0 Å². The predicted molar refractivity (Wildman–Crippen MR) is 81.4 cm³/mol. The molecule has 5 nitrogen and oxygen atoms in total. The standard InChI is InChI=1S/C14H14ClN3O2/c1-16-12-6-13(8-14(7-12)18(19)20)17-9-10-2-4-11(15)5-3-10/h2-8,16-17H,9H2,1H3. The minimum Gasteiger partial charge on any atom is -0.388 e. The van der Waals surface area contributed by atoms with E-state index >= 15 is 0 Å². The molecule has 0 heterocycles. The maximum atomic E-state index is 10.9. The Hall–Kier alpha value is -2.27. The second-order valence-electron chi connectivity index (χ2n) is 4.26. The smallest absolute Gasteiger partial charge is 0.273 e. The molecule has 0 aromatic heterocycles. The van der Waals surface area contributed by atoms with Gasteiger partial charge in [0.25, 0.3) is 5.69 Å². The Kier molecular flexibility index (Phi) is 4.42. The molecule has 104 valence electrons. The van der Waals surface area contributed by atoms with Crippen molar-refractivity contribution in [2.75, 3.05) is 17.7 Å². The molecule has 2 aromatic carbocycles. The molecule has 0 bridgehead atoms. The fraction of sp³-hybridized carbons (Fsp3) is 0.143. The largest absolute Gasteiger partial charge is 0.388 e. The highest BCUT2D eigenvalue weighted by Gasteiger charge is 2.09. The summed E-state index contributed by atoms with van der Waals surface area (Å²) in [4.78, 5) is 10.5. The van der Waals surface area contributed by atoms with Crippen LogP contribution in [0.15, 0.2) is 42.5 Å². The van der Waals surface area contributed by atoms with E-state index in [2.05, 4.69) is 10.6 Å². The van der Waals surface area contributed by atoms with Crippen LogP contribution in [-0.4, -0.2) is 12.0 Å². The Labute approximate surface area is 121 Å². The summed E-state index contributed by atoms with van der Waals surface area (Å²) in [7, 11) is 1.72. The van der Waals surface area contributed by atoms with Gasteiger partial charge in [-0.1, -0.05) is 23.7 Å². The van der Waals surface area contributed by atoms with Crippen LogP contribution in [0, 0.1) is 10.1 Å². The molecule has 0 aliphatic carbocycles. The van der Waals surface area contributed by atoms with Gasteiger partial charge in [-0.05, 0) is 23.8 Å². The van der Waals surface area contributed by atoms with Crippen LogP contribution in [0.1, 0.15) is 5.56 Å². The van der Waals surface area contributed by atoms with E-state index in [1.807, 2.05) is 30.3 Å². The Bertz CT molecular complexity index is 614. The average Bonchev–Trinajstić information content (AvgIpc) is 2.46. The van der Waals surface area contributed by atoms with Gasteiger partial charge in [0.05, 0.1) is 4.92 Å². The van der Waals surface area contributed by atoms with E-state index < -0.39 is 4.92 Å². The van der Waals surface area contributed by atoms with E-state index in [4.69, 9.17) is 11.6 Å². The summed E-state index contributed by atoms with van der Waals surface area (Å²) in [6.07, 6.45) is 0. The number of hydrogen-bond donors (Lipinski definition) is 2. The lowest BCUT2D eigenvalue weighted by molar-refractivity contribution is -0.384. The topological polar surface area (TPSA) is 67.2 Å². The molecule has 0 amide bonds. The van der Waals surface area contributed by atoms with Gasteiger partial charge in [-0.2, -0.15) is 0 Å². The fourth-order valence-electron chi connectivity index (χ4n) is 1.77. The summed E-state index contributed by atoms with van der Waals surface area (Å²) in [5.74, 6) is 0. The summed E-state index contributed by atoms with van der Waals surface area (Å²) in [6, 6.07) is 12.3. The van der Waals surface area contributed by atoms with Crippen molar-refractivity contribution >= 4 is 28.7 Å². The second-order valence-corrected chi connectivity index (χ2v) is 4.69. The van der Waals surface area contributed by atoms with E-state index in [-0.39, 0.29) is 5.69 Å². The SMILES string of the molecule is CNc1cc(NCc2ccc(Cl)cc2)cc([N+](=O)[O-])c1. The predicted octanol–water partition coefficient (Wildman–Crippen LogP) is 3.90. The van der Waals surface area contributed by atoms with Crippen molar-refractivity contribution in [3.05, 3.63) is 63.2 Å². The number of non-ortho nitro benzene ring substituents is 1. The van der Waals surface area contributed by atoms with Crippen molar-refractivity contribution < 1.29 is 4.92 Å². The van der Waals surface area contributed by atoms with Crippen LogP contribution in [0.3, 0.4) is 0 Å². The number of nitro groups is 1. The molecular formula is C14H14ClN3O2. The van der Waals surface area contributed by atoms with Crippen LogP contribution in [-0.2, 0) is 6.54 Å². The van der Waals surface area contributed by atoms with Gasteiger partial charge in [0.15, 0.2) is 0 Å². The van der Waals surface area contributed by atoms with Gasteiger partial charge in [0, 0.05) is 42.1 Å². The summed E-state index contributed by atoms with van der Waals surface area (Å²) in [5, 5.41) is 17.6. The van der Waals surface area contributed by atoms with Crippen molar-refractivity contribution in [1.29, 1.82) is 0 Å². The van der Waals surface area contributed by atoms with Gasteiger partial charge in [0.2, 0.25) is 0 Å². The monoisotopic (exact) mass is 291 g/mol. The van der Waals surface area contributed by atoms with Crippen molar-refractivity contribution in [1.82, 2.24) is 0 Å². The van der Waals surface area contributed by atoms with Crippen LogP contribution < -0.4 is 10.6 Å². The van der Waals surface area contributed by atoms with Gasteiger partial charge in [-0.15, -0.1) is 0 Å². The summed E-state index contributed by atoms with van der Waals surface area (Å²) < 4.78 is 0. The molecule has 0 saturated carbocycles. The molecule has 0 fully saturated rings. The number of halogens is 1. The Morgan fingerprint density at radius 1 is 1.15 bits per heavy atom. The number of nitrogens with zero attached hydrogens (tertiary/aromatic N) is 1. The van der Waals surface area contributed by atoms with Gasteiger partial charge < -0.3 is 10.6 Å². The van der Waals surface area contributed by atoms with Crippen molar-refractivity contribution in [2.24, 2.45) is 0 Å². The lowest BCUT2D eigenvalue weighted by Crippen LogP contribution is -2.01. The molecule has 0 radical (unpaired) electrons. The molecule has 2 rings (SSSR count). The Morgan fingerprint density at radius 3 is 2.40 bits per heavy atom. The van der Waals surface area contributed by atoms with Gasteiger partial charge in [-0.3, -0.25) is 10.1 Å². The normalized spacial score (nSPS) is 10.1. The van der Waals surface area contributed by atoms with E-state index in [0.717, 1.165) is 5.56 Å². The molecule has 0 aliphatic rings. The maximum Gasteiger partial charge on any atom is 0.273 e. The second kappa shape index (κ2) is 6.25. The molecule has 0 saturated heterocycles. The minimum absolute atomic E-state index is 0.0513. The highest BCUT2D eigenvalue weighted by molar-refractivity contribution is 6.30. The molecule has 0 unspecified atom stereocenters. The zero-order valence-corrected chi connectivity index (χ0v) is 11.6. The van der Waals surface area contributed by atoms with Crippen LogP contribution in [0.2, 0.25) is 5.02 Å². The molecule has 2 aromatic rings. The molecule has 0 atom stereocenters. The highest BCUT2D eigenvalue weighted by Crippen LogP contribution is 2.24. The molecular weight excluding hydrogens is 278 g/mol. The lowest BCUT2D eigenvalue weighted by atomic mass is 10.2. The van der Waals surface area contributed by atoms with Crippen LogP contribution >= 0.6 is 11.6 Å². The first-order valence-corrected chi connectivity index (χ1v) is 6.42. The number of nitro benzene ring substituents is 1. The number of anilines is 2. The highest BCUT2D eigenvalue weighted by atomic mass is 35.5. The molecule has 0 spiro atoms. The van der Waals surface area contributed by atoms with E-state index in [9.17, 15) is 10.1 Å². The van der Waals surface area contributed by atoms with Crippen molar-refractivity contribution in [3.63, 3.8) is 0 Å². The first kappa shape index (κ1) is 14.1. The molecule has 0 aliphatic heterocycles. The third-order valence-electron chi connectivity index (χ3n) is 2.83. The molecule has 6 heteroatoms.